The van der Waals surface area contributed by atoms with Crippen LogP contribution in [0.4, 0.5) is 5.69 Å². The SMILES string of the molecule is CCOc1cc(/C=C(\C#N)C(=O)Nc2cc(OC)c(Cl)cc2OC)cc(Cl)c1OCc1ccccc1. The summed E-state index contributed by atoms with van der Waals surface area (Å²) in [5.74, 6) is 0.774. The van der Waals surface area contributed by atoms with Crippen LogP contribution >= 0.6 is 23.2 Å². The van der Waals surface area contributed by atoms with Crippen molar-refractivity contribution in [2.75, 3.05) is 26.1 Å². The molecule has 0 saturated heterocycles. The lowest BCUT2D eigenvalue weighted by molar-refractivity contribution is -0.112. The molecule has 3 aromatic carbocycles. The Hall–Kier alpha value is -3.86. The van der Waals surface area contributed by atoms with Crippen LogP contribution < -0.4 is 24.3 Å². The number of halogens is 2. The molecular formula is C27H24Cl2N2O5. The molecule has 1 N–H and O–H groups in total. The first-order valence-electron chi connectivity index (χ1n) is 10.9. The quantitative estimate of drug-likeness (QED) is 0.238. The van der Waals surface area contributed by atoms with Crippen molar-refractivity contribution in [1.29, 1.82) is 5.26 Å². The fourth-order valence-corrected chi connectivity index (χ4v) is 3.77. The van der Waals surface area contributed by atoms with E-state index in [1.165, 1.54) is 32.4 Å². The standard InChI is InChI=1S/C27H24Cl2N2O5/c1-4-35-25-12-18(11-21(29)26(25)36-16-17-8-6-5-7-9-17)10-19(15-30)27(32)31-22-14-23(33-2)20(28)13-24(22)34-3/h5-14H,4,16H2,1-3H3,(H,31,32)/b19-10+. The maximum Gasteiger partial charge on any atom is 0.266 e. The maximum absolute atomic E-state index is 12.9. The molecule has 9 heteroatoms. The van der Waals surface area contributed by atoms with Gasteiger partial charge in [-0.25, -0.2) is 0 Å². The second-order valence-electron chi connectivity index (χ2n) is 7.35. The monoisotopic (exact) mass is 526 g/mol. The van der Waals surface area contributed by atoms with Crippen LogP contribution in [-0.4, -0.2) is 26.7 Å². The number of ether oxygens (including phenoxy) is 4. The molecule has 0 heterocycles. The third-order valence-corrected chi connectivity index (χ3v) is 5.53. The number of hydrogen-bond acceptors (Lipinski definition) is 6. The van der Waals surface area contributed by atoms with Gasteiger partial charge in [0.25, 0.3) is 5.91 Å². The minimum atomic E-state index is -0.654. The number of nitrogens with one attached hydrogen (secondary N) is 1. The van der Waals surface area contributed by atoms with Gasteiger partial charge in [0.1, 0.15) is 29.7 Å². The van der Waals surface area contributed by atoms with Gasteiger partial charge in [0.2, 0.25) is 0 Å². The van der Waals surface area contributed by atoms with Gasteiger partial charge in [-0.05, 0) is 36.3 Å². The molecule has 0 aliphatic heterocycles. The molecule has 0 aliphatic carbocycles. The Morgan fingerprint density at radius 3 is 2.33 bits per heavy atom. The number of carbonyl (C=O) groups is 1. The minimum Gasteiger partial charge on any atom is -0.495 e. The normalized spacial score (nSPS) is 10.8. The van der Waals surface area contributed by atoms with E-state index in [0.717, 1.165) is 5.56 Å². The summed E-state index contributed by atoms with van der Waals surface area (Å²) in [6.45, 7) is 2.50. The first kappa shape index (κ1) is 26.7. The Kier molecular flexibility index (Phi) is 9.46. The van der Waals surface area contributed by atoms with Crippen molar-refractivity contribution in [3.63, 3.8) is 0 Å². The third kappa shape index (κ3) is 6.63. The van der Waals surface area contributed by atoms with Crippen molar-refractivity contribution in [1.82, 2.24) is 0 Å². The Labute approximate surface area is 219 Å². The van der Waals surface area contributed by atoms with Gasteiger partial charge in [-0.15, -0.1) is 0 Å². The molecule has 0 saturated carbocycles. The Morgan fingerprint density at radius 1 is 0.972 bits per heavy atom. The number of nitrogens with zero attached hydrogens (tertiary/aromatic N) is 1. The number of benzene rings is 3. The van der Waals surface area contributed by atoms with Gasteiger partial charge in [0.05, 0.1) is 36.6 Å². The van der Waals surface area contributed by atoms with Gasteiger partial charge in [-0.2, -0.15) is 5.26 Å². The molecule has 0 atom stereocenters. The number of methoxy groups -OCH3 is 2. The van der Waals surface area contributed by atoms with E-state index in [1.54, 1.807) is 12.1 Å². The Morgan fingerprint density at radius 2 is 1.69 bits per heavy atom. The molecule has 0 aromatic heterocycles. The van der Waals surface area contributed by atoms with E-state index in [1.807, 2.05) is 43.3 Å². The molecule has 0 unspecified atom stereocenters. The van der Waals surface area contributed by atoms with Crippen molar-refractivity contribution < 1.29 is 23.7 Å². The molecule has 0 bridgehead atoms. The molecule has 3 aromatic rings. The molecule has 0 spiro atoms. The van der Waals surface area contributed by atoms with Crippen LogP contribution in [0.5, 0.6) is 23.0 Å². The van der Waals surface area contributed by atoms with Crippen molar-refractivity contribution in [2.24, 2.45) is 0 Å². The Balaban J connectivity index is 1.88. The molecule has 0 aliphatic rings. The number of nitriles is 1. The lowest BCUT2D eigenvalue weighted by atomic mass is 10.1. The summed E-state index contributed by atoms with van der Waals surface area (Å²) in [6, 6.07) is 17.8. The molecule has 0 fully saturated rings. The highest BCUT2D eigenvalue weighted by Gasteiger charge is 2.17. The predicted molar refractivity (Wildman–Crippen MR) is 140 cm³/mol. The second-order valence-corrected chi connectivity index (χ2v) is 8.16. The average Bonchev–Trinajstić information content (AvgIpc) is 2.88. The molecule has 0 radical (unpaired) electrons. The van der Waals surface area contributed by atoms with Crippen LogP contribution in [-0.2, 0) is 11.4 Å². The largest absolute Gasteiger partial charge is 0.495 e. The summed E-state index contributed by atoms with van der Waals surface area (Å²) < 4.78 is 22.1. The van der Waals surface area contributed by atoms with Crippen molar-refractivity contribution in [3.05, 3.63) is 81.3 Å². The van der Waals surface area contributed by atoms with Crippen LogP contribution in [0.25, 0.3) is 6.08 Å². The van der Waals surface area contributed by atoms with E-state index in [0.29, 0.717) is 52.5 Å². The van der Waals surface area contributed by atoms with E-state index in [9.17, 15) is 10.1 Å². The van der Waals surface area contributed by atoms with Crippen LogP contribution in [0.3, 0.4) is 0 Å². The molecule has 186 valence electrons. The smallest absolute Gasteiger partial charge is 0.266 e. The van der Waals surface area contributed by atoms with Gasteiger partial charge in [-0.3, -0.25) is 4.79 Å². The van der Waals surface area contributed by atoms with E-state index in [2.05, 4.69) is 5.32 Å². The molecule has 1 amide bonds. The van der Waals surface area contributed by atoms with Crippen molar-refractivity contribution in [3.8, 4) is 29.1 Å². The van der Waals surface area contributed by atoms with Gasteiger partial charge >= 0.3 is 0 Å². The maximum atomic E-state index is 12.9. The summed E-state index contributed by atoms with van der Waals surface area (Å²) in [6.07, 6.45) is 1.41. The lowest BCUT2D eigenvalue weighted by Gasteiger charge is -2.15. The highest BCUT2D eigenvalue weighted by atomic mass is 35.5. The Bertz CT molecular complexity index is 1300. The lowest BCUT2D eigenvalue weighted by Crippen LogP contribution is -2.14. The average molecular weight is 527 g/mol. The number of amides is 1. The fourth-order valence-electron chi connectivity index (χ4n) is 3.27. The predicted octanol–water partition coefficient (Wildman–Crippen LogP) is 6.53. The zero-order valence-corrected chi connectivity index (χ0v) is 21.4. The van der Waals surface area contributed by atoms with E-state index >= 15 is 0 Å². The molecule has 7 nitrogen and oxygen atoms in total. The second kappa shape index (κ2) is 12.7. The minimum absolute atomic E-state index is 0.164. The van der Waals surface area contributed by atoms with Crippen LogP contribution in [0.2, 0.25) is 10.0 Å². The summed E-state index contributed by atoms with van der Waals surface area (Å²) >= 11 is 12.6. The summed E-state index contributed by atoms with van der Waals surface area (Å²) in [5, 5.41) is 12.9. The van der Waals surface area contributed by atoms with Gasteiger partial charge in [-0.1, -0.05) is 53.5 Å². The zero-order valence-electron chi connectivity index (χ0n) is 19.9. The number of anilines is 1. The number of rotatable bonds is 10. The summed E-state index contributed by atoms with van der Waals surface area (Å²) in [4.78, 5) is 12.9. The van der Waals surface area contributed by atoms with Crippen molar-refractivity contribution >= 4 is 40.9 Å². The van der Waals surface area contributed by atoms with E-state index in [4.69, 9.17) is 42.1 Å². The fraction of sp³-hybridized carbons (Fsp3) is 0.185. The van der Waals surface area contributed by atoms with Gasteiger partial charge in [0, 0.05) is 12.1 Å². The molecule has 36 heavy (non-hydrogen) atoms. The molecular weight excluding hydrogens is 503 g/mol. The number of hydrogen-bond donors (Lipinski definition) is 1. The topological polar surface area (TPSA) is 89.8 Å². The first-order chi connectivity index (χ1) is 17.4. The number of carbonyl (C=O) groups excluding carboxylic acids is 1. The highest BCUT2D eigenvalue weighted by Crippen LogP contribution is 2.38. The highest BCUT2D eigenvalue weighted by molar-refractivity contribution is 6.33. The van der Waals surface area contributed by atoms with Crippen LogP contribution in [0, 0.1) is 11.3 Å². The zero-order chi connectivity index (χ0) is 26.1. The van der Waals surface area contributed by atoms with Crippen LogP contribution in [0.15, 0.2) is 60.2 Å². The van der Waals surface area contributed by atoms with E-state index in [-0.39, 0.29) is 10.6 Å². The van der Waals surface area contributed by atoms with Crippen molar-refractivity contribution in [2.45, 2.75) is 13.5 Å². The van der Waals surface area contributed by atoms with Crippen LogP contribution in [0.1, 0.15) is 18.1 Å². The van der Waals surface area contributed by atoms with E-state index < -0.39 is 5.91 Å². The van der Waals surface area contributed by atoms with Gasteiger partial charge in [0.15, 0.2) is 11.5 Å². The molecule has 3 rings (SSSR count). The summed E-state index contributed by atoms with van der Waals surface area (Å²) in [5.41, 5.74) is 1.59. The van der Waals surface area contributed by atoms with Gasteiger partial charge < -0.3 is 24.3 Å². The first-order valence-corrected chi connectivity index (χ1v) is 11.6. The third-order valence-electron chi connectivity index (χ3n) is 4.96. The summed E-state index contributed by atoms with van der Waals surface area (Å²) in [7, 11) is 2.89.